The molecule has 1 aliphatic heterocycles. The number of hydrogen-bond donors (Lipinski definition) is 1. The molecule has 1 aromatic rings. The highest BCUT2D eigenvalue weighted by Crippen LogP contribution is 2.26. The number of benzene rings is 1. The van der Waals surface area contributed by atoms with Gasteiger partial charge >= 0.3 is 0 Å². The first kappa shape index (κ1) is 14.3. The van der Waals surface area contributed by atoms with Crippen LogP contribution in [0.3, 0.4) is 0 Å². The van der Waals surface area contributed by atoms with Gasteiger partial charge < -0.3 is 14.6 Å². The first-order chi connectivity index (χ1) is 9.26. The zero-order valence-electron chi connectivity index (χ0n) is 11.8. The van der Waals surface area contributed by atoms with Gasteiger partial charge in [0, 0.05) is 13.1 Å². The monoisotopic (exact) mass is 265 g/mol. The molecule has 4 nitrogen and oxygen atoms in total. The van der Waals surface area contributed by atoms with Gasteiger partial charge in [-0.3, -0.25) is 4.90 Å². The molecule has 0 aromatic heterocycles. The van der Waals surface area contributed by atoms with Gasteiger partial charge in [0.25, 0.3) is 0 Å². The first-order valence-corrected chi connectivity index (χ1v) is 6.92. The Morgan fingerprint density at radius 3 is 2.68 bits per heavy atom. The molecule has 1 unspecified atom stereocenters. The van der Waals surface area contributed by atoms with Crippen LogP contribution in [0.1, 0.15) is 24.1 Å². The molecule has 1 saturated heterocycles. The fourth-order valence-corrected chi connectivity index (χ4v) is 2.52. The van der Waals surface area contributed by atoms with Crippen molar-refractivity contribution in [2.75, 3.05) is 39.5 Å². The van der Waals surface area contributed by atoms with Gasteiger partial charge in [-0.15, -0.1) is 0 Å². The van der Waals surface area contributed by atoms with E-state index in [4.69, 9.17) is 9.47 Å². The molecule has 1 heterocycles. The lowest BCUT2D eigenvalue weighted by Crippen LogP contribution is -2.40. The van der Waals surface area contributed by atoms with Crippen molar-refractivity contribution in [3.8, 4) is 5.75 Å². The van der Waals surface area contributed by atoms with Crippen LogP contribution in [0.2, 0.25) is 0 Å². The van der Waals surface area contributed by atoms with Crippen molar-refractivity contribution in [3.05, 3.63) is 29.3 Å². The number of hydrogen-bond acceptors (Lipinski definition) is 4. The Kier molecular flexibility index (Phi) is 5.19. The molecule has 19 heavy (non-hydrogen) atoms. The van der Waals surface area contributed by atoms with Crippen molar-refractivity contribution in [2.45, 2.75) is 19.9 Å². The van der Waals surface area contributed by atoms with Crippen molar-refractivity contribution in [1.82, 2.24) is 4.90 Å². The van der Waals surface area contributed by atoms with Gasteiger partial charge in [-0.25, -0.2) is 0 Å². The van der Waals surface area contributed by atoms with Gasteiger partial charge in [0.2, 0.25) is 0 Å². The van der Waals surface area contributed by atoms with E-state index in [0.717, 1.165) is 43.2 Å². The number of nitrogens with zero attached hydrogens (tertiary/aromatic N) is 1. The SMILES string of the molecule is CCOc1ccc(C(CO)N2CCOCC2)cc1C. The summed E-state index contributed by atoms with van der Waals surface area (Å²) in [5.41, 5.74) is 2.26. The predicted octanol–water partition coefficient (Wildman–Crippen LogP) is 1.76. The summed E-state index contributed by atoms with van der Waals surface area (Å²) in [6.45, 7) is 8.06. The van der Waals surface area contributed by atoms with Crippen molar-refractivity contribution < 1.29 is 14.6 Å². The molecule has 0 bridgehead atoms. The summed E-state index contributed by atoms with van der Waals surface area (Å²) in [6, 6.07) is 6.21. The second kappa shape index (κ2) is 6.89. The van der Waals surface area contributed by atoms with Crippen LogP contribution in [0.25, 0.3) is 0 Å². The van der Waals surface area contributed by atoms with Gasteiger partial charge in [0.05, 0.1) is 32.5 Å². The first-order valence-electron chi connectivity index (χ1n) is 6.92. The van der Waals surface area contributed by atoms with E-state index < -0.39 is 0 Å². The van der Waals surface area contributed by atoms with Crippen molar-refractivity contribution in [3.63, 3.8) is 0 Å². The molecular weight excluding hydrogens is 242 g/mol. The summed E-state index contributed by atoms with van der Waals surface area (Å²) >= 11 is 0. The molecule has 1 N–H and O–H groups in total. The highest BCUT2D eigenvalue weighted by atomic mass is 16.5. The molecular formula is C15H23NO3. The molecule has 2 rings (SSSR count). The number of aliphatic hydroxyl groups is 1. The second-order valence-electron chi connectivity index (χ2n) is 4.80. The molecule has 0 spiro atoms. The molecule has 0 aliphatic carbocycles. The average Bonchev–Trinajstić information content (AvgIpc) is 2.44. The molecule has 1 aromatic carbocycles. The topological polar surface area (TPSA) is 41.9 Å². The Balaban J connectivity index is 2.15. The zero-order chi connectivity index (χ0) is 13.7. The molecule has 106 valence electrons. The van der Waals surface area contributed by atoms with E-state index in [1.807, 2.05) is 26.0 Å². The Hall–Kier alpha value is -1.10. The van der Waals surface area contributed by atoms with E-state index in [-0.39, 0.29) is 12.6 Å². The molecule has 1 fully saturated rings. The molecule has 1 atom stereocenters. The molecule has 0 saturated carbocycles. The number of ether oxygens (including phenoxy) is 2. The lowest BCUT2D eigenvalue weighted by Gasteiger charge is -2.33. The summed E-state index contributed by atoms with van der Waals surface area (Å²) in [5.74, 6) is 0.921. The van der Waals surface area contributed by atoms with Crippen LogP contribution in [0, 0.1) is 6.92 Å². The number of rotatable bonds is 5. The zero-order valence-corrected chi connectivity index (χ0v) is 11.8. The highest BCUT2D eigenvalue weighted by Gasteiger charge is 2.22. The van der Waals surface area contributed by atoms with Crippen LogP contribution in [-0.2, 0) is 4.74 Å². The van der Waals surface area contributed by atoms with Crippen LogP contribution in [0.15, 0.2) is 18.2 Å². The maximum absolute atomic E-state index is 9.68. The quantitative estimate of drug-likeness (QED) is 0.881. The Bertz CT molecular complexity index is 402. The van der Waals surface area contributed by atoms with Crippen LogP contribution in [0.5, 0.6) is 5.75 Å². The minimum Gasteiger partial charge on any atom is -0.494 e. The third-order valence-electron chi connectivity index (χ3n) is 3.54. The number of aryl methyl sites for hydroxylation is 1. The maximum Gasteiger partial charge on any atom is 0.122 e. The summed E-state index contributed by atoms with van der Waals surface area (Å²) in [7, 11) is 0. The number of aliphatic hydroxyl groups excluding tert-OH is 1. The van der Waals surface area contributed by atoms with Crippen LogP contribution < -0.4 is 4.74 Å². The van der Waals surface area contributed by atoms with E-state index >= 15 is 0 Å². The minimum absolute atomic E-state index is 0.0540. The number of morpholine rings is 1. The van der Waals surface area contributed by atoms with E-state index in [1.54, 1.807) is 0 Å². The van der Waals surface area contributed by atoms with Gasteiger partial charge in [-0.05, 0) is 31.0 Å². The van der Waals surface area contributed by atoms with E-state index in [9.17, 15) is 5.11 Å². The van der Waals surface area contributed by atoms with Gasteiger partial charge in [-0.1, -0.05) is 12.1 Å². The van der Waals surface area contributed by atoms with Gasteiger partial charge in [0.1, 0.15) is 5.75 Å². The molecule has 1 aliphatic rings. The van der Waals surface area contributed by atoms with Crippen LogP contribution in [-0.4, -0.2) is 49.5 Å². The summed E-state index contributed by atoms with van der Waals surface area (Å²) < 4.78 is 10.9. The van der Waals surface area contributed by atoms with Crippen molar-refractivity contribution in [2.24, 2.45) is 0 Å². The van der Waals surface area contributed by atoms with Crippen LogP contribution >= 0.6 is 0 Å². The smallest absolute Gasteiger partial charge is 0.122 e. The fourth-order valence-electron chi connectivity index (χ4n) is 2.52. The fraction of sp³-hybridized carbons (Fsp3) is 0.600. The van der Waals surface area contributed by atoms with Crippen LogP contribution in [0.4, 0.5) is 0 Å². The normalized spacial score (nSPS) is 18.3. The summed E-state index contributed by atoms with van der Waals surface area (Å²) in [4.78, 5) is 2.28. The standard InChI is InChI=1S/C15H23NO3/c1-3-19-15-5-4-13(10-12(15)2)14(11-17)16-6-8-18-9-7-16/h4-5,10,14,17H,3,6-9,11H2,1-2H3. The Morgan fingerprint density at radius 2 is 2.11 bits per heavy atom. The molecule has 4 heteroatoms. The van der Waals surface area contributed by atoms with E-state index in [1.165, 1.54) is 0 Å². The van der Waals surface area contributed by atoms with E-state index in [2.05, 4.69) is 11.0 Å². The Labute approximate surface area is 114 Å². The molecule has 0 amide bonds. The molecule has 0 radical (unpaired) electrons. The summed E-state index contributed by atoms with van der Waals surface area (Å²) in [6.07, 6.45) is 0. The van der Waals surface area contributed by atoms with Crippen molar-refractivity contribution in [1.29, 1.82) is 0 Å². The van der Waals surface area contributed by atoms with E-state index in [0.29, 0.717) is 6.61 Å². The third kappa shape index (κ3) is 3.47. The minimum atomic E-state index is 0.0540. The average molecular weight is 265 g/mol. The van der Waals surface area contributed by atoms with Crippen molar-refractivity contribution >= 4 is 0 Å². The third-order valence-corrected chi connectivity index (χ3v) is 3.54. The maximum atomic E-state index is 9.68. The predicted molar refractivity (Wildman–Crippen MR) is 74.6 cm³/mol. The second-order valence-corrected chi connectivity index (χ2v) is 4.80. The lowest BCUT2D eigenvalue weighted by molar-refractivity contribution is 0.00257. The summed E-state index contributed by atoms with van der Waals surface area (Å²) in [5, 5.41) is 9.68. The Morgan fingerprint density at radius 1 is 1.37 bits per heavy atom. The largest absolute Gasteiger partial charge is 0.494 e. The lowest BCUT2D eigenvalue weighted by atomic mass is 10.0. The van der Waals surface area contributed by atoms with Gasteiger partial charge in [0.15, 0.2) is 0 Å². The highest BCUT2D eigenvalue weighted by molar-refractivity contribution is 5.37. The van der Waals surface area contributed by atoms with Gasteiger partial charge in [-0.2, -0.15) is 0 Å².